The van der Waals surface area contributed by atoms with Gasteiger partial charge in [-0.05, 0) is 38.1 Å². The third-order valence-corrected chi connectivity index (χ3v) is 5.57. The summed E-state index contributed by atoms with van der Waals surface area (Å²) in [5.41, 5.74) is 1.85. The number of aromatic amines is 1. The topological polar surface area (TPSA) is 95.2 Å². The van der Waals surface area contributed by atoms with Crippen LogP contribution in [0.5, 0.6) is 0 Å². The molecule has 0 aliphatic carbocycles. The Bertz CT molecular complexity index is 1380. The lowest BCUT2D eigenvalue weighted by Gasteiger charge is -2.25. The third kappa shape index (κ3) is 5.27. The summed E-state index contributed by atoms with van der Waals surface area (Å²) in [5, 5.41) is 3.41. The van der Waals surface area contributed by atoms with Crippen LogP contribution in [0.2, 0.25) is 0 Å². The second-order valence-electron chi connectivity index (χ2n) is 8.32. The van der Waals surface area contributed by atoms with Crippen molar-refractivity contribution in [1.29, 1.82) is 0 Å². The Morgan fingerprint density at radius 3 is 2.38 bits per heavy atom. The van der Waals surface area contributed by atoms with Gasteiger partial charge in [-0.2, -0.15) is 0 Å². The molecule has 1 amide bonds. The van der Waals surface area contributed by atoms with E-state index in [1.165, 1.54) is 0 Å². The van der Waals surface area contributed by atoms with E-state index in [1.54, 1.807) is 66.7 Å². The standard InChI is InChI=1S/C27H26N4O3/c1-18(2)31(16-24-28-23-15-9-7-13-21(23)27(34)30-24)17-25(32)29-22-14-8-6-12-20(22)26(33)19-10-4-3-5-11-19/h3-15,18H,16-17H2,1-2H3,(H,29,32)(H,28,30,34). The van der Waals surface area contributed by atoms with E-state index in [2.05, 4.69) is 15.3 Å². The molecule has 172 valence electrons. The number of carbonyl (C=O) groups excluding carboxylic acids is 2. The van der Waals surface area contributed by atoms with E-state index in [0.29, 0.717) is 40.1 Å². The molecule has 2 N–H and O–H groups in total. The number of hydrogen-bond acceptors (Lipinski definition) is 5. The number of para-hydroxylation sites is 2. The molecule has 0 bridgehead atoms. The zero-order valence-electron chi connectivity index (χ0n) is 19.1. The normalized spacial score (nSPS) is 11.2. The highest BCUT2D eigenvalue weighted by atomic mass is 16.2. The predicted octanol–water partition coefficient (Wildman–Crippen LogP) is 4.00. The number of carbonyl (C=O) groups is 2. The van der Waals surface area contributed by atoms with Gasteiger partial charge in [-0.25, -0.2) is 4.98 Å². The lowest BCUT2D eigenvalue weighted by Crippen LogP contribution is -2.38. The van der Waals surface area contributed by atoms with Gasteiger partial charge in [0.25, 0.3) is 5.56 Å². The first kappa shape index (κ1) is 23.1. The molecular formula is C27H26N4O3. The van der Waals surface area contributed by atoms with E-state index in [0.717, 1.165) is 0 Å². The quantitative estimate of drug-likeness (QED) is 0.393. The molecule has 7 nitrogen and oxygen atoms in total. The minimum Gasteiger partial charge on any atom is -0.324 e. The molecule has 0 atom stereocenters. The largest absolute Gasteiger partial charge is 0.324 e. The Hall–Kier alpha value is -4.10. The fourth-order valence-corrected chi connectivity index (χ4v) is 3.73. The number of ketones is 1. The van der Waals surface area contributed by atoms with Crippen LogP contribution in [0.1, 0.15) is 35.6 Å². The molecule has 0 saturated carbocycles. The molecule has 1 aromatic heterocycles. The van der Waals surface area contributed by atoms with Crippen molar-refractivity contribution in [3.8, 4) is 0 Å². The van der Waals surface area contributed by atoms with Gasteiger partial charge in [0.05, 0.1) is 29.7 Å². The molecule has 4 aromatic rings. The lowest BCUT2D eigenvalue weighted by molar-refractivity contribution is -0.117. The fraction of sp³-hybridized carbons (Fsp3) is 0.185. The van der Waals surface area contributed by atoms with E-state index in [-0.39, 0.29) is 29.8 Å². The Balaban J connectivity index is 1.51. The van der Waals surface area contributed by atoms with Crippen LogP contribution in [0.15, 0.2) is 83.7 Å². The number of H-pyrrole nitrogens is 1. The summed E-state index contributed by atoms with van der Waals surface area (Å²) in [6.45, 7) is 4.32. The summed E-state index contributed by atoms with van der Waals surface area (Å²) in [4.78, 5) is 47.6. The van der Waals surface area contributed by atoms with E-state index < -0.39 is 0 Å². The number of benzene rings is 3. The van der Waals surface area contributed by atoms with Crippen LogP contribution >= 0.6 is 0 Å². The maximum atomic E-state index is 13.0. The van der Waals surface area contributed by atoms with Gasteiger partial charge in [0, 0.05) is 17.2 Å². The molecule has 0 aliphatic rings. The van der Waals surface area contributed by atoms with Crippen LogP contribution in [0.4, 0.5) is 5.69 Å². The number of fused-ring (bicyclic) bond motifs is 1. The Morgan fingerprint density at radius 2 is 1.62 bits per heavy atom. The van der Waals surface area contributed by atoms with Crippen LogP contribution in [-0.2, 0) is 11.3 Å². The number of anilines is 1. The number of hydrogen-bond donors (Lipinski definition) is 2. The molecule has 0 unspecified atom stereocenters. The molecule has 4 rings (SSSR count). The molecule has 7 heteroatoms. The number of amides is 1. The van der Waals surface area contributed by atoms with Crippen LogP contribution in [0, 0.1) is 0 Å². The van der Waals surface area contributed by atoms with Gasteiger partial charge >= 0.3 is 0 Å². The minimum absolute atomic E-state index is 0.0173. The average molecular weight is 455 g/mol. The highest BCUT2D eigenvalue weighted by Gasteiger charge is 2.19. The van der Waals surface area contributed by atoms with Gasteiger partial charge in [0.2, 0.25) is 5.91 Å². The zero-order chi connectivity index (χ0) is 24.1. The maximum Gasteiger partial charge on any atom is 0.258 e. The van der Waals surface area contributed by atoms with E-state index >= 15 is 0 Å². The van der Waals surface area contributed by atoms with Crippen molar-refractivity contribution in [2.75, 3.05) is 11.9 Å². The summed E-state index contributed by atoms with van der Waals surface area (Å²) in [5.74, 6) is 0.0742. The maximum absolute atomic E-state index is 13.0. The second kappa shape index (κ2) is 10.2. The van der Waals surface area contributed by atoms with Crippen molar-refractivity contribution >= 4 is 28.3 Å². The Labute approximate surface area is 197 Å². The van der Waals surface area contributed by atoms with Gasteiger partial charge in [0.15, 0.2) is 5.78 Å². The van der Waals surface area contributed by atoms with Crippen molar-refractivity contribution < 1.29 is 9.59 Å². The molecule has 0 aliphatic heterocycles. The van der Waals surface area contributed by atoms with Crippen LogP contribution in [-0.4, -0.2) is 39.1 Å². The highest BCUT2D eigenvalue weighted by molar-refractivity contribution is 6.13. The lowest BCUT2D eigenvalue weighted by atomic mass is 10.0. The van der Waals surface area contributed by atoms with Crippen molar-refractivity contribution in [2.45, 2.75) is 26.4 Å². The van der Waals surface area contributed by atoms with Crippen molar-refractivity contribution in [1.82, 2.24) is 14.9 Å². The number of nitrogens with zero attached hydrogens (tertiary/aromatic N) is 2. The summed E-state index contributed by atoms with van der Waals surface area (Å²) >= 11 is 0. The minimum atomic E-state index is -0.259. The third-order valence-electron chi connectivity index (χ3n) is 5.57. The van der Waals surface area contributed by atoms with Gasteiger partial charge in [0.1, 0.15) is 5.82 Å². The van der Waals surface area contributed by atoms with Crippen LogP contribution in [0.25, 0.3) is 10.9 Å². The Kier molecular flexibility index (Phi) is 6.94. The molecule has 0 radical (unpaired) electrons. The van der Waals surface area contributed by atoms with E-state index in [4.69, 9.17) is 0 Å². The monoisotopic (exact) mass is 454 g/mol. The van der Waals surface area contributed by atoms with Crippen molar-refractivity contribution in [2.24, 2.45) is 0 Å². The zero-order valence-corrected chi connectivity index (χ0v) is 19.1. The van der Waals surface area contributed by atoms with Crippen LogP contribution < -0.4 is 10.9 Å². The first-order valence-electron chi connectivity index (χ1n) is 11.1. The number of nitrogens with one attached hydrogen (secondary N) is 2. The summed E-state index contributed by atoms with van der Waals surface area (Å²) in [6, 6.07) is 23.1. The molecular weight excluding hydrogens is 428 g/mol. The first-order chi connectivity index (χ1) is 16.4. The van der Waals surface area contributed by atoms with Gasteiger partial charge in [-0.1, -0.05) is 54.6 Å². The van der Waals surface area contributed by atoms with Crippen molar-refractivity contribution in [3.63, 3.8) is 0 Å². The highest BCUT2D eigenvalue weighted by Crippen LogP contribution is 2.19. The Morgan fingerprint density at radius 1 is 0.941 bits per heavy atom. The first-order valence-corrected chi connectivity index (χ1v) is 11.1. The molecule has 34 heavy (non-hydrogen) atoms. The second-order valence-corrected chi connectivity index (χ2v) is 8.32. The van der Waals surface area contributed by atoms with E-state index in [9.17, 15) is 14.4 Å². The van der Waals surface area contributed by atoms with Crippen molar-refractivity contribution in [3.05, 3.63) is 106 Å². The molecule has 1 heterocycles. The van der Waals surface area contributed by atoms with E-state index in [1.807, 2.05) is 30.9 Å². The fourth-order valence-electron chi connectivity index (χ4n) is 3.73. The summed E-state index contributed by atoms with van der Waals surface area (Å²) < 4.78 is 0. The molecule has 0 fully saturated rings. The van der Waals surface area contributed by atoms with Gasteiger partial charge in [-0.15, -0.1) is 0 Å². The summed E-state index contributed by atoms with van der Waals surface area (Å²) in [7, 11) is 0. The van der Waals surface area contributed by atoms with Gasteiger partial charge in [-0.3, -0.25) is 19.3 Å². The average Bonchev–Trinajstić information content (AvgIpc) is 2.84. The molecule has 0 saturated heterocycles. The smallest absolute Gasteiger partial charge is 0.258 e. The number of aromatic nitrogens is 2. The molecule has 0 spiro atoms. The van der Waals surface area contributed by atoms with Crippen LogP contribution in [0.3, 0.4) is 0 Å². The number of rotatable bonds is 8. The summed E-state index contributed by atoms with van der Waals surface area (Å²) in [6.07, 6.45) is 0. The SMILES string of the molecule is CC(C)N(CC(=O)Nc1ccccc1C(=O)c1ccccc1)Cc1nc2ccccc2c(=O)[nH]1. The predicted molar refractivity (Wildman–Crippen MR) is 133 cm³/mol. The molecule has 3 aromatic carbocycles. The van der Waals surface area contributed by atoms with Gasteiger partial charge < -0.3 is 10.3 Å².